The van der Waals surface area contributed by atoms with Crippen LogP contribution in [-0.4, -0.2) is 68.9 Å². The SMILES string of the molecule is Cc1ccc(C)c(-n2c(C)nnc2SCC(=O)N2CCN(CC(C)C)CC2)c1. The third kappa shape index (κ3) is 4.94. The summed E-state index contributed by atoms with van der Waals surface area (Å²) in [5.74, 6) is 2.08. The fraction of sp³-hybridized carbons (Fsp3) is 0.571. The van der Waals surface area contributed by atoms with Crippen LogP contribution in [0.4, 0.5) is 0 Å². The predicted molar refractivity (Wildman–Crippen MR) is 114 cm³/mol. The zero-order chi connectivity index (χ0) is 20.3. The first-order valence-electron chi connectivity index (χ1n) is 9.97. The maximum atomic E-state index is 12.7. The number of rotatable bonds is 6. The van der Waals surface area contributed by atoms with Crippen LogP contribution in [0.15, 0.2) is 23.4 Å². The Hall–Kier alpha value is -1.86. The maximum Gasteiger partial charge on any atom is 0.233 e. The van der Waals surface area contributed by atoms with Crippen molar-refractivity contribution in [3.63, 3.8) is 0 Å². The maximum absolute atomic E-state index is 12.7. The number of carbonyl (C=O) groups is 1. The molecule has 0 saturated carbocycles. The molecule has 1 saturated heterocycles. The van der Waals surface area contributed by atoms with Crippen LogP contribution in [0.5, 0.6) is 0 Å². The molecule has 0 bridgehead atoms. The first-order chi connectivity index (χ1) is 13.3. The molecule has 152 valence electrons. The second-order valence-electron chi connectivity index (χ2n) is 8.02. The van der Waals surface area contributed by atoms with Crippen molar-refractivity contribution in [1.82, 2.24) is 24.6 Å². The second kappa shape index (κ2) is 9.09. The Balaban J connectivity index is 1.63. The van der Waals surface area contributed by atoms with E-state index in [0.717, 1.165) is 49.4 Å². The molecule has 1 aliphatic heterocycles. The Morgan fingerprint density at radius 3 is 2.50 bits per heavy atom. The van der Waals surface area contributed by atoms with E-state index in [2.05, 4.69) is 65.6 Å². The number of piperazine rings is 1. The molecule has 1 aromatic carbocycles. The van der Waals surface area contributed by atoms with Crippen LogP contribution < -0.4 is 0 Å². The number of benzene rings is 1. The minimum Gasteiger partial charge on any atom is -0.339 e. The van der Waals surface area contributed by atoms with Gasteiger partial charge >= 0.3 is 0 Å². The van der Waals surface area contributed by atoms with Gasteiger partial charge in [-0.25, -0.2) is 0 Å². The van der Waals surface area contributed by atoms with Gasteiger partial charge in [-0.1, -0.05) is 37.7 Å². The van der Waals surface area contributed by atoms with Crippen LogP contribution in [0.2, 0.25) is 0 Å². The molecule has 1 amide bonds. The fourth-order valence-electron chi connectivity index (χ4n) is 3.59. The zero-order valence-corrected chi connectivity index (χ0v) is 18.4. The van der Waals surface area contributed by atoms with Gasteiger partial charge in [-0.3, -0.25) is 14.3 Å². The highest BCUT2D eigenvalue weighted by Crippen LogP contribution is 2.25. The van der Waals surface area contributed by atoms with Crippen LogP contribution in [0, 0.1) is 26.7 Å². The molecule has 0 aliphatic carbocycles. The summed E-state index contributed by atoms with van der Waals surface area (Å²) in [6.45, 7) is 15.3. The molecule has 0 radical (unpaired) electrons. The summed E-state index contributed by atoms with van der Waals surface area (Å²) >= 11 is 1.48. The van der Waals surface area contributed by atoms with E-state index in [9.17, 15) is 4.79 Å². The topological polar surface area (TPSA) is 54.3 Å². The molecule has 7 heteroatoms. The lowest BCUT2D eigenvalue weighted by Gasteiger charge is -2.35. The first kappa shape index (κ1) is 20.9. The number of nitrogens with zero attached hydrogens (tertiary/aromatic N) is 5. The number of thioether (sulfide) groups is 1. The monoisotopic (exact) mass is 401 g/mol. The molecule has 28 heavy (non-hydrogen) atoms. The van der Waals surface area contributed by atoms with Crippen molar-refractivity contribution in [3.05, 3.63) is 35.2 Å². The number of aromatic nitrogens is 3. The van der Waals surface area contributed by atoms with Gasteiger partial charge in [-0.2, -0.15) is 0 Å². The minimum atomic E-state index is 0.183. The lowest BCUT2D eigenvalue weighted by Crippen LogP contribution is -2.50. The highest BCUT2D eigenvalue weighted by atomic mass is 32.2. The number of aryl methyl sites for hydroxylation is 3. The molecular weight excluding hydrogens is 370 g/mol. The molecule has 0 spiro atoms. The zero-order valence-electron chi connectivity index (χ0n) is 17.6. The van der Waals surface area contributed by atoms with Crippen molar-refractivity contribution in [3.8, 4) is 5.69 Å². The lowest BCUT2D eigenvalue weighted by atomic mass is 10.1. The van der Waals surface area contributed by atoms with E-state index in [0.29, 0.717) is 11.7 Å². The summed E-state index contributed by atoms with van der Waals surface area (Å²) in [6, 6.07) is 6.36. The molecule has 1 aliphatic rings. The molecule has 0 N–H and O–H groups in total. The molecule has 2 aromatic rings. The third-order valence-corrected chi connectivity index (χ3v) is 5.99. The Morgan fingerprint density at radius 2 is 1.82 bits per heavy atom. The van der Waals surface area contributed by atoms with Crippen molar-refractivity contribution < 1.29 is 4.79 Å². The molecular formula is C21H31N5OS. The van der Waals surface area contributed by atoms with Gasteiger partial charge in [-0.15, -0.1) is 10.2 Å². The van der Waals surface area contributed by atoms with Crippen molar-refractivity contribution in [2.75, 3.05) is 38.5 Å². The van der Waals surface area contributed by atoms with Crippen molar-refractivity contribution >= 4 is 17.7 Å². The Labute approximate surface area is 172 Å². The number of carbonyl (C=O) groups excluding carboxylic acids is 1. The van der Waals surface area contributed by atoms with Crippen LogP contribution in [0.25, 0.3) is 5.69 Å². The van der Waals surface area contributed by atoms with E-state index in [1.165, 1.54) is 22.9 Å². The highest BCUT2D eigenvalue weighted by molar-refractivity contribution is 7.99. The average Bonchev–Trinajstić information content (AvgIpc) is 3.02. The summed E-state index contributed by atoms with van der Waals surface area (Å²) in [6.07, 6.45) is 0. The molecule has 1 aromatic heterocycles. The van der Waals surface area contributed by atoms with Gasteiger partial charge in [0.15, 0.2) is 5.16 Å². The van der Waals surface area contributed by atoms with Gasteiger partial charge in [0, 0.05) is 32.7 Å². The van der Waals surface area contributed by atoms with E-state index in [1.54, 1.807) is 0 Å². The van der Waals surface area contributed by atoms with Crippen LogP contribution in [-0.2, 0) is 4.79 Å². The van der Waals surface area contributed by atoms with Crippen LogP contribution >= 0.6 is 11.8 Å². The molecule has 6 nitrogen and oxygen atoms in total. The molecule has 1 fully saturated rings. The summed E-state index contributed by atoms with van der Waals surface area (Å²) < 4.78 is 2.06. The third-order valence-electron chi connectivity index (χ3n) is 5.07. The minimum absolute atomic E-state index is 0.183. The van der Waals surface area contributed by atoms with Gasteiger partial charge in [0.25, 0.3) is 0 Å². The summed E-state index contributed by atoms with van der Waals surface area (Å²) in [5.41, 5.74) is 3.45. The first-order valence-corrected chi connectivity index (χ1v) is 11.0. The van der Waals surface area contributed by atoms with Crippen LogP contribution in [0.3, 0.4) is 0 Å². The van der Waals surface area contributed by atoms with Gasteiger partial charge in [-0.05, 0) is 43.9 Å². The van der Waals surface area contributed by atoms with Gasteiger partial charge in [0.2, 0.25) is 5.91 Å². The molecule has 0 unspecified atom stereocenters. The lowest BCUT2D eigenvalue weighted by molar-refractivity contribution is -0.130. The smallest absolute Gasteiger partial charge is 0.233 e. The van der Waals surface area contributed by atoms with E-state index >= 15 is 0 Å². The Morgan fingerprint density at radius 1 is 1.11 bits per heavy atom. The highest BCUT2D eigenvalue weighted by Gasteiger charge is 2.22. The van der Waals surface area contributed by atoms with Gasteiger partial charge < -0.3 is 4.90 Å². The summed E-state index contributed by atoms with van der Waals surface area (Å²) in [7, 11) is 0. The normalized spacial score (nSPS) is 15.4. The molecule has 2 heterocycles. The second-order valence-corrected chi connectivity index (χ2v) is 8.96. The largest absolute Gasteiger partial charge is 0.339 e. The van der Waals surface area contributed by atoms with Crippen molar-refractivity contribution in [2.45, 2.75) is 39.8 Å². The summed E-state index contributed by atoms with van der Waals surface area (Å²) in [4.78, 5) is 17.1. The van der Waals surface area contributed by atoms with Gasteiger partial charge in [0.1, 0.15) is 5.82 Å². The quantitative estimate of drug-likeness (QED) is 0.696. The van der Waals surface area contributed by atoms with Crippen molar-refractivity contribution in [1.29, 1.82) is 0 Å². The number of hydrogen-bond donors (Lipinski definition) is 0. The molecule has 3 rings (SSSR count). The van der Waals surface area contributed by atoms with E-state index in [4.69, 9.17) is 0 Å². The number of amides is 1. The Bertz CT molecular complexity index is 824. The van der Waals surface area contributed by atoms with E-state index in [-0.39, 0.29) is 5.91 Å². The fourth-order valence-corrected chi connectivity index (χ4v) is 4.48. The van der Waals surface area contributed by atoms with Gasteiger partial charge in [0.05, 0.1) is 11.4 Å². The van der Waals surface area contributed by atoms with E-state index < -0.39 is 0 Å². The molecule has 0 atom stereocenters. The summed E-state index contributed by atoms with van der Waals surface area (Å²) in [5, 5.41) is 9.35. The number of hydrogen-bond acceptors (Lipinski definition) is 5. The Kier molecular flexibility index (Phi) is 6.78. The van der Waals surface area contributed by atoms with Crippen molar-refractivity contribution in [2.24, 2.45) is 5.92 Å². The predicted octanol–water partition coefficient (Wildman–Crippen LogP) is 3.08. The van der Waals surface area contributed by atoms with Crippen LogP contribution in [0.1, 0.15) is 30.8 Å². The average molecular weight is 402 g/mol. The van der Waals surface area contributed by atoms with E-state index in [1.807, 2.05) is 11.8 Å². The standard InChI is InChI=1S/C21H31N5OS/c1-15(2)13-24-8-10-25(11-9-24)20(27)14-28-21-23-22-18(5)26(21)19-12-16(3)6-7-17(19)4/h6-7,12,15H,8-11,13-14H2,1-5H3.